The van der Waals surface area contributed by atoms with Gasteiger partial charge in [0, 0.05) is 31.1 Å². The molecule has 0 saturated carbocycles. The van der Waals surface area contributed by atoms with Crippen molar-refractivity contribution in [2.24, 2.45) is 0 Å². The summed E-state index contributed by atoms with van der Waals surface area (Å²) in [6, 6.07) is 7.79. The van der Waals surface area contributed by atoms with Crippen LogP contribution in [-0.4, -0.2) is 31.1 Å². The largest absolute Gasteiger partial charge is 0.417 e. The van der Waals surface area contributed by atoms with Gasteiger partial charge in [-0.05, 0) is 23.1 Å². The first-order valence-electron chi connectivity index (χ1n) is 7.32. The van der Waals surface area contributed by atoms with Crippen LogP contribution in [0.4, 0.5) is 13.2 Å². The molecule has 0 aliphatic carbocycles. The number of thiophene rings is 1. The highest BCUT2D eigenvalue weighted by atomic mass is 35.5. The summed E-state index contributed by atoms with van der Waals surface area (Å²) in [7, 11) is 0. The third kappa shape index (κ3) is 5.02. The Kier molecular flexibility index (Phi) is 8.51. The molecule has 2 heterocycles. The van der Waals surface area contributed by atoms with E-state index in [0.29, 0.717) is 5.56 Å². The average molecular weight is 434 g/mol. The molecule has 3 rings (SSSR count). The Balaban J connectivity index is 0.00000156. The molecule has 140 valence electrons. The van der Waals surface area contributed by atoms with Gasteiger partial charge in [-0.2, -0.15) is 13.2 Å². The van der Waals surface area contributed by atoms with Crippen LogP contribution in [0.25, 0.3) is 0 Å². The Morgan fingerprint density at radius 3 is 2.32 bits per heavy atom. The van der Waals surface area contributed by atoms with E-state index in [-0.39, 0.29) is 35.9 Å². The van der Waals surface area contributed by atoms with E-state index < -0.39 is 11.7 Å². The van der Waals surface area contributed by atoms with Crippen molar-refractivity contribution in [2.75, 3.05) is 26.2 Å². The number of hydrogen-bond acceptors (Lipinski definition) is 3. The molecule has 1 aliphatic rings. The maximum atomic E-state index is 13.2. The van der Waals surface area contributed by atoms with Crippen LogP contribution < -0.4 is 5.32 Å². The van der Waals surface area contributed by atoms with Crippen LogP contribution in [0.15, 0.2) is 35.7 Å². The maximum absolute atomic E-state index is 13.2. The SMILES string of the molecule is Cl.Cl.FC(F)(F)c1cccc([C@H](c2cccs2)N2CCNCC2)c1Cl. The predicted octanol–water partition coefficient (Wildman–Crippen LogP) is 5.26. The molecule has 1 saturated heterocycles. The normalized spacial score (nSPS) is 16.6. The van der Waals surface area contributed by atoms with E-state index in [4.69, 9.17) is 11.6 Å². The van der Waals surface area contributed by atoms with Crippen LogP contribution in [0.3, 0.4) is 0 Å². The minimum atomic E-state index is -4.45. The van der Waals surface area contributed by atoms with Crippen molar-refractivity contribution in [3.63, 3.8) is 0 Å². The molecule has 0 unspecified atom stereocenters. The maximum Gasteiger partial charge on any atom is 0.417 e. The minimum absolute atomic E-state index is 0. The van der Waals surface area contributed by atoms with Gasteiger partial charge in [-0.15, -0.1) is 36.2 Å². The number of hydrogen-bond donors (Lipinski definition) is 1. The molecule has 0 radical (unpaired) electrons. The standard InChI is InChI=1S/C16H16ClF3N2S.2ClH/c17-14-11(3-1-4-12(14)16(18,19)20)15(13-5-2-10-23-13)22-8-6-21-7-9-22;;/h1-5,10,15,21H,6-9H2;2*1H/t15-;;/m1../s1. The van der Waals surface area contributed by atoms with Crippen molar-refractivity contribution in [1.82, 2.24) is 10.2 Å². The molecule has 2 aromatic rings. The van der Waals surface area contributed by atoms with E-state index in [1.807, 2.05) is 17.5 Å². The lowest BCUT2D eigenvalue weighted by Gasteiger charge is -2.35. The van der Waals surface area contributed by atoms with Gasteiger partial charge < -0.3 is 5.32 Å². The van der Waals surface area contributed by atoms with Crippen LogP contribution in [-0.2, 0) is 6.18 Å². The summed E-state index contributed by atoms with van der Waals surface area (Å²) in [6.45, 7) is 3.18. The molecule has 0 amide bonds. The Hall–Kier alpha value is -0.500. The molecular formula is C16H18Cl3F3N2S. The van der Waals surface area contributed by atoms with Crippen molar-refractivity contribution in [3.05, 3.63) is 56.7 Å². The van der Waals surface area contributed by atoms with Crippen molar-refractivity contribution >= 4 is 47.8 Å². The van der Waals surface area contributed by atoms with E-state index in [1.54, 1.807) is 6.07 Å². The van der Waals surface area contributed by atoms with Gasteiger partial charge in [0.2, 0.25) is 0 Å². The summed E-state index contributed by atoms with van der Waals surface area (Å²) in [4.78, 5) is 3.19. The predicted molar refractivity (Wildman–Crippen MR) is 102 cm³/mol. The van der Waals surface area contributed by atoms with Crippen LogP contribution >= 0.6 is 47.8 Å². The van der Waals surface area contributed by atoms with E-state index in [1.165, 1.54) is 17.4 Å². The second kappa shape index (κ2) is 9.44. The molecule has 2 nitrogen and oxygen atoms in total. The molecule has 0 bridgehead atoms. The first-order valence-corrected chi connectivity index (χ1v) is 8.58. The monoisotopic (exact) mass is 432 g/mol. The number of nitrogens with one attached hydrogen (secondary N) is 1. The minimum Gasteiger partial charge on any atom is -0.314 e. The van der Waals surface area contributed by atoms with Gasteiger partial charge >= 0.3 is 6.18 Å². The molecular weight excluding hydrogens is 416 g/mol. The Morgan fingerprint density at radius 2 is 1.76 bits per heavy atom. The Labute approximate surface area is 166 Å². The number of benzene rings is 1. The molecule has 0 spiro atoms. The lowest BCUT2D eigenvalue weighted by atomic mass is 10.00. The smallest absolute Gasteiger partial charge is 0.314 e. The number of halogens is 6. The summed E-state index contributed by atoms with van der Waals surface area (Å²) in [5.41, 5.74) is -0.251. The number of piperazine rings is 1. The Morgan fingerprint density at radius 1 is 1.08 bits per heavy atom. The summed E-state index contributed by atoms with van der Waals surface area (Å²) in [5, 5.41) is 5.00. The zero-order valence-electron chi connectivity index (χ0n) is 13.1. The molecule has 1 aliphatic heterocycles. The average Bonchev–Trinajstić information content (AvgIpc) is 3.03. The van der Waals surface area contributed by atoms with Crippen LogP contribution in [0.5, 0.6) is 0 Å². The molecule has 1 aromatic carbocycles. The van der Waals surface area contributed by atoms with Crippen molar-refractivity contribution < 1.29 is 13.2 Å². The van der Waals surface area contributed by atoms with E-state index in [9.17, 15) is 13.2 Å². The van der Waals surface area contributed by atoms with Crippen molar-refractivity contribution in [2.45, 2.75) is 12.2 Å². The van der Waals surface area contributed by atoms with Gasteiger partial charge in [-0.3, -0.25) is 4.90 Å². The highest BCUT2D eigenvalue weighted by Crippen LogP contribution is 2.41. The third-order valence-electron chi connectivity index (χ3n) is 3.96. The molecule has 9 heteroatoms. The number of alkyl halides is 3. The fraction of sp³-hybridized carbons (Fsp3) is 0.375. The Bertz CT molecular complexity index is 659. The molecule has 25 heavy (non-hydrogen) atoms. The van der Waals surface area contributed by atoms with Crippen LogP contribution in [0.2, 0.25) is 5.02 Å². The van der Waals surface area contributed by atoms with Crippen molar-refractivity contribution in [3.8, 4) is 0 Å². The number of rotatable bonds is 3. The van der Waals surface area contributed by atoms with Crippen molar-refractivity contribution in [1.29, 1.82) is 0 Å². The van der Waals surface area contributed by atoms with E-state index in [2.05, 4.69) is 10.2 Å². The van der Waals surface area contributed by atoms with Gasteiger partial charge in [0.25, 0.3) is 0 Å². The van der Waals surface area contributed by atoms with Gasteiger partial charge in [0.1, 0.15) is 0 Å². The van der Waals surface area contributed by atoms with Crippen LogP contribution in [0.1, 0.15) is 22.0 Å². The zero-order chi connectivity index (χ0) is 16.4. The first kappa shape index (κ1) is 22.5. The summed E-state index contributed by atoms with van der Waals surface area (Å²) in [5.74, 6) is 0. The summed E-state index contributed by atoms with van der Waals surface area (Å²) >= 11 is 7.71. The lowest BCUT2D eigenvalue weighted by Crippen LogP contribution is -2.45. The molecule has 1 fully saturated rings. The number of nitrogens with zero attached hydrogens (tertiary/aromatic N) is 1. The molecule has 1 aromatic heterocycles. The first-order chi connectivity index (χ1) is 11.0. The molecule has 1 atom stereocenters. The van der Waals surface area contributed by atoms with E-state index in [0.717, 1.165) is 37.1 Å². The van der Waals surface area contributed by atoms with Gasteiger partial charge in [0.05, 0.1) is 16.6 Å². The quantitative estimate of drug-likeness (QED) is 0.710. The highest BCUT2D eigenvalue weighted by molar-refractivity contribution is 7.10. The summed E-state index contributed by atoms with van der Waals surface area (Å²) in [6.07, 6.45) is -4.45. The van der Waals surface area contributed by atoms with Gasteiger partial charge in [-0.1, -0.05) is 29.8 Å². The van der Waals surface area contributed by atoms with Gasteiger partial charge in [0.15, 0.2) is 0 Å². The lowest BCUT2D eigenvalue weighted by molar-refractivity contribution is -0.137. The van der Waals surface area contributed by atoms with Crippen LogP contribution in [0, 0.1) is 0 Å². The highest BCUT2D eigenvalue weighted by Gasteiger charge is 2.36. The van der Waals surface area contributed by atoms with E-state index >= 15 is 0 Å². The van der Waals surface area contributed by atoms with Gasteiger partial charge in [-0.25, -0.2) is 0 Å². The third-order valence-corrected chi connectivity index (χ3v) is 5.30. The zero-order valence-corrected chi connectivity index (χ0v) is 16.3. The topological polar surface area (TPSA) is 15.3 Å². The second-order valence-corrected chi connectivity index (χ2v) is 6.77. The summed E-state index contributed by atoms with van der Waals surface area (Å²) < 4.78 is 39.5. The fourth-order valence-corrected chi connectivity index (χ4v) is 4.11. The fourth-order valence-electron chi connectivity index (χ4n) is 2.90. The molecule has 1 N–H and O–H groups in total. The second-order valence-electron chi connectivity index (χ2n) is 5.41.